The summed E-state index contributed by atoms with van der Waals surface area (Å²) in [5.41, 5.74) is 0.774. The molecule has 0 saturated heterocycles. The van der Waals surface area contributed by atoms with Crippen molar-refractivity contribution in [1.82, 2.24) is 4.90 Å². The van der Waals surface area contributed by atoms with Crippen molar-refractivity contribution in [3.63, 3.8) is 0 Å². The van der Waals surface area contributed by atoms with E-state index in [0.717, 1.165) is 5.69 Å². The van der Waals surface area contributed by atoms with Gasteiger partial charge in [0.1, 0.15) is 0 Å². The Balaban J connectivity index is 0.00000324. The number of amides is 1. The number of carbonyl (C=O) groups is 2. The molecule has 0 heterocycles. The van der Waals surface area contributed by atoms with Crippen LogP contribution in [0.1, 0.15) is 12.8 Å². The predicted molar refractivity (Wildman–Crippen MR) is 76.7 cm³/mol. The summed E-state index contributed by atoms with van der Waals surface area (Å²) in [4.78, 5) is 23.8. The summed E-state index contributed by atoms with van der Waals surface area (Å²) in [6.45, 7) is 1.000. The molecule has 5 nitrogen and oxygen atoms in total. The van der Waals surface area contributed by atoms with Gasteiger partial charge in [0.25, 0.3) is 0 Å². The highest BCUT2D eigenvalue weighted by molar-refractivity contribution is 5.90. The van der Waals surface area contributed by atoms with Crippen molar-refractivity contribution in [3.05, 3.63) is 30.3 Å². The van der Waals surface area contributed by atoms with Gasteiger partial charge in [-0.15, -0.1) is 12.4 Å². The van der Waals surface area contributed by atoms with Crippen LogP contribution in [0.4, 0.5) is 5.69 Å². The summed E-state index contributed by atoms with van der Waals surface area (Å²) >= 11 is 0. The van der Waals surface area contributed by atoms with Gasteiger partial charge in [-0.2, -0.15) is 0 Å². The highest BCUT2D eigenvalue weighted by Crippen LogP contribution is 2.05. The van der Waals surface area contributed by atoms with Gasteiger partial charge in [-0.3, -0.25) is 9.59 Å². The first-order valence-electron chi connectivity index (χ1n) is 5.83. The van der Waals surface area contributed by atoms with Crippen molar-refractivity contribution in [2.24, 2.45) is 0 Å². The average molecular weight is 287 g/mol. The number of aliphatic carboxylic acids is 1. The Hall–Kier alpha value is -1.59. The van der Waals surface area contributed by atoms with Gasteiger partial charge < -0.3 is 15.3 Å². The minimum Gasteiger partial charge on any atom is -0.481 e. The molecule has 0 aromatic heterocycles. The molecule has 0 spiro atoms. The number of carboxylic acid groups (broad SMARTS) is 1. The van der Waals surface area contributed by atoms with Crippen LogP contribution in [-0.4, -0.2) is 42.0 Å². The Labute approximate surface area is 119 Å². The van der Waals surface area contributed by atoms with E-state index in [-0.39, 0.29) is 24.7 Å². The molecule has 0 saturated carbocycles. The highest BCUT2D eigenvalue weighted by atomic mass is 35.5. The first-order chi connectivity index (χ1) is 8.58. The van der Waals surface area contributed by atoms with Gasteiger partial charge in [-0.25, -0.2) is 0 Å². The van der Waals surface area contributed by atoms with Crippen molar-refractivity contribution in [1.29, 1.82) is 0 Å². The van der Waals surface area contributed by atoms with Crippen LogP contribution in [0.15, 0.2) is 30.3 Å². The lowest BCUT2D eigenvalue weighted by Crippen LogP contribution is -2.26. The Morgan fingerprint density at radius 2 is 1.74 bits per heavy atom. The van der Waals surface area contributed by atoms with Crippen LogP contribution >= 0.6 is 12.4 Å². The molecule has 0 aliphatic carbocycles. The summed E-state index contributed by atoms with van der Waals surface area (Å²) in [7, 11) is 1.80. The summed E-state index contributed by atoms with van der Waals surface area (Å²) < 4.78 is 0. The molecule has 0 fully saturated rings. The quantitative estimate of drug-likeness (QED) is 0.802. The van der Waals surface area contributed by atoms with E-state index in [1.54, 1.807) is 7.05 Å². The third-order valence-electron chi connectivity index (χ3n) is 2.49. The lowest BCUT2D eigenvalue weighted by Gasteiger charge is -2.14. The van der Waals surface area contributed by atoms with Crippen LogP contribution in [0.5, 0.6) is 0 Å². The molecule has 0 aliphatic heterocycles. The smallest absolute Gasteiger partial charge is 0.304 e. The van der Waals surface area contributed by atoms with Crippen LogP contribution in [0.2, 0.25) is 0 Å². The summed E-state index contributed by atoms with van der Waals surface area (Å²) in [5.74, 6) is -0.890. The monoisotopic (exact) mass is 286 g/mol. The standard InChI is InChI=1S/C13H18N2O3.ClH/c1-15(10-8-13(17)18)9-7-12(16)14-11-5-3-2-4-6-11;/h2-6H,7-10H2,1H3,(H,14,16)(H,17,18);1H. The second kappa shape index (κ2) is 9.35. The van der Waals surface area contributed by atoms with Crippen molar-refractivity contribution in [2.75, 3.05) is 25.5 Å². The molecular weight excluding hydrogens is 268 g/mol. The number of anilines is 1. The first kappa shape index (κ1) is 17.4. The topological polar surface area (TPSA) is 69.6 Å². The van der Waals surface area contributed by atoms with Crippen molar-refractivity contribution in [2.45, 2.75) is 12.8 Å². The van der Waals surface area contributed by atoms with E-state index < -0.39 is 5.97 Å². The van der Waals surface area contributed by atoms with Crippen molar-refractivity contribution in [3.8, 4) is 0 Å². The highest BCUT2D eigenvalue weighted by Gasteiger charge is 2.06. The molecule has 6 heteroatoms. The Morgan fingerprint density at radius 1 is 1.16 bits per heavy atom. The van der Waals surface area contributed by atoms with E-state index in [1.165, 1.54) is 0 Å². The van der Waals surface area contributed by atoms with Crippen LogP contribution in [0.3, 0.4) is 0 Å². The Morgan fingerprint density at radius 3 is 2.32 bits per heavy atom. The van der Waals surface area contributed by atoms with Crippen LogP contribution in [0.25, 0.3) is 0 Å². The van der Waals surface area contributed by atoms with Gasteiger partial charge in [0.2, 0.25) is 5.91 Å². The number of hydrogen-bond acceptors (Lipinski definition) is 3. The summed E-state index contributed by atoms with van der Waals surface area (Å²) in [6, 6.07) is 9.25. The van der Waals surface area contributed by atoms with Crippen LogP contribution in [-0.2, 0) is 9.59 Å². The lowest BCUT2D eigenvalue weighted by molar-refractivity contribution is -0.137. The third-order valence-corrected chi connectivity index (χ3v) is 2.49. The van der Waals surface area contributed by atoms with Crippen molar-refractivity contribution < 1.29 is 14.7 Å². The summed E-state index contributed by atoms with van der Waals surface area (Å²) in [6.07, 6.45) is 0.446. The van der Waals surface area contributed by atoms with Gasteiger partial charge in [0.15, 0.2) is 0 Å². The first-order valence-corrected chi connectivity index (χ1v) is 5.83. The largest absolute Gasteiger partial charge is 0.481 e. The van der Waals surface area contributed by atoms with E-state index in [0.29, 0.717) is 19.5 Å². The van der Waals surface area contributed by atoms with Crippen LogP contribution < -0.4 is 5.32 Å². The number of rotatable bonds is 7. The van der Waals surface area contributed by atoms with E-state index in [1.807, 2.05) is 35.2 Å². The van der Waals surface area contributed by atoms with E-state index >= 15 is 0 Å². The van der Waals surface area contributed by atoms with Crippen LogP contribution in [0, 0.1) is 0 Å². The van der Waals surface area contributed by atoms with Gasteiger partial charge in [-0.1, -0.05) is 18.2 Å². The number of halogens is 1. The number of carboxylic acids is 1. The molecule has 0 radical (unpaired) electrons. The fraction of sp³-hybridized carbons (Fsp3) is 0.385. The fourth-order valence-electron chi connectivity index (χ4n) is 1.44. The number of nitrogens with one attached hydrogen (secondary N) is 1. The molecule has 1 aromatic carbocycles. The molecule has 0 aliphatic rings. The molecule has 1 amide bonds. The molecular formula is C13H19ClN2O3. The van der Waals surface area contributed by atoms with E-state index in [2.05, 4.69) is 5.32 Å². The van der Waals surface area contributed by atoms with Crippen molar-refractivity contribution >= 4 is 30.0 Å². The minimum atomic E-state index is -0.824. The molecule has 0 bridgehead atoms. The zero-order valence-corrected chi connectivity index (χ0v) is 11.7. The maximum atomic E-state index is 11.6. The number of hydrogen-bond donors (Lipinski definition) is 2. The molecule has 0 unspecified atom stereocenters. The van der Waals surface area contributed by atoms with Gasteiger partial charge >= 0.3 is 5.97 Å². The van der Waals surface area contributed by atoms with E-state index in [4.69, 9.17) is 5.11 Å². The Kier molecular flexibility index (Phi) is 8.57. The Bertz CT molecular complexity index is 398. The third kappa shape index (κ3) is 8.18. The molecule has 1 rings (SSSR count). The SMILES string of the molecule is CN(CCC(=O)O)CCC(=O)Nc1ccccc1.Cl. The molecule has 1 aromatic rings. The minimum absolute atomic E-state index is 0. The number of nitrogens with zero attached hydrogens (tertiary/aromatic N) is 1. The molecule has 2 N–H and O–H groups in total. The molecule has 0 atom stereocenters. The fourth-order valence-corrected chi connectivity index (χ4v) is 1.44. The van der Waals surface area contributed by atoms with E-state index in [9.17, 15) is 9.59 Å². The molecule has 19 heavy (non-hydrogen) atoms. The predicted octanol–water partition coefficient (Wildman–Crippen LogP) is 1.84. The maximum Gasteiger partial charge on any atom is 0.304 e. The zero-order chi connectivity index (χ0) is 13.4. The maximum absolute atomic E-state index is 11.6. The summed E-state index contributed by atoms with van der Waals surface area (Å²) in [5, 5.41) is 11.3. The average Bonchev–Trinajstić information content (AvgIpc) is 2.35. The number of carbonyl (C=O) groups excluding carboxylic acids is 1. The van der Waals surface area contributed by atoms with Gasteiger partial charge in [-0.05, 0) is 19.2 Å². The number of para-hydroxylation sites is 1. The van der Waals surface area contributed by atoms with Gasteiger partial charge in [0, 0.05) is 25.2 Å². The normalized spacial score (nSPS) is 9.79. The molecule has 106 valence electrons. The van der Waals surface area contributed by atoms with Gasteiger partial charge in [0.05, 0.1) is 6.42 Å². The lowest BCUT2D eigenvalue weighted by atomic mass is 10.3. The number of benzene rings is 1. The second-order valence-corrected chi connectivity index (χ2v) is 4.11. The zero-order valence-electron chi connectivity index (χ0n) is 10.8. The second-order valence-electron chi connectivity index (χ2n) is 4.11.